The number of hydrogen-bond acceptors (Lipinski definition) is 4. The zero-order valence-electron chi connectivity index (χ0n) is 15.8. The molecular weight excluding hydrogens is 350 g/mol. The Kier molecular flexibility index (Phi) is 3.84. The normalized spacial score (nSPS) is 17.8. The van der Waals surface area contributed by atoms with Gasteiger partial charge in [-0.05, 0) is 77.0 Å². The number of benzene rings is 3. The predicted octanol–water partition coefficient (Wildman–Crippen LogP) is 4.61. The van der Waals surface area contributed by atoms with Gasteiger partial charge in [-0.25, -0.2) is 0 Å². The monoisotopic (exact) mass is 373 g/mol. The summed E-state index contributed by atoms with van der Waals surface area (Å²) >= 11 is 0. The second kappa shape index (κ2) is 6.28. The highest BCUT2D eigenvalue weighted by molar-refractivity contribution is 5.86. The Labute approximate surface area is 164 Å². The summed E-state index contributed by atoms with van der Waals surface area (Å²) in [5.74, 6) is 0.133. The zero-order chi connectivity index (χ0) is 19.4. The molecule has 4 heteroatoms. The summed E-state index contributed by atoms with van der Waals surface area (Å²) in [5, 5.41) is 30.4. The molecule has 2 aliphatic rings. The number of hydrogen-bond donors (Lipinski definition) is 3. The first-order valence-corrected chi connectivity index (χ1v) is 9.81. The van der Waals surface area contributed by atoms with Crippen LogP contribution in [0.3, 0.4) is 0 Å². The van der Waals surface area contributed by atoms with E-state index in [1.165, 1.54) is 11.1 Å². The molecule has 1 aliphatic carbocycles. The Hall–Kier alpha value is -2.98. The molecule has 1 atom stereocenters. The van der Waals surface area contributed by atoms with Crippen LogP contribution in [0.15, 0.2) is 48.5 Å². The fourth-order valence-corrected chi connectivity index (χ4v) is 4.85. The molecule has 0 saturated carbocycles. The van der Waals surface area contributed by atoms with Crippen LogP contribution in [0.25, 0.3) is 22.3 Å². The summed E-state index contributed by atoms with van der Waals surface area (Å²) in [6.45, 7) is 4.20. The first kappa shape index (κ1) is 17.1. The van der Waals surface area contributed by atoms with Crippen LogP contribution in [0.5, 0.6) is 17.2 Å². The second-order valence-corrected chi connectivity index (χ2v) is 7.71. The van der Waals surface area contributed by atoms with E-state index in [0.29, 0.717) is 6.04 Å². The number of fused-ring (bicyclic) bond motifs is 2. The number of phenolic OH excluding ortho intramolecular Hbond substituents is 3. The molecule has 3 aromatic rings. The minimum atomic E-state index is -0.0795. The van der Waals surface area contributed by atoms with E-state index in [9.17, 15) is 15.3 Å². The van der Waals surface area contributed by atoms with Gasteiger partial charge in [0.15, 0.2) is 11.5 Å². The first-order chi connectivity index (χ1) is 13.6. The van der Waals surface area contributed by atoms with Crippen molar-refractivity contribution in [1.82, 2.24) is 4.90 Å². The topological polar surface area (TPSA) is 63.9 Å². The van der Waals surface area contributed by atoms with Crippen molar-refractivity contribution in [3.05, 3.63) is 65.2 Å². The van der Waals surface area contributed by atoms with Gasteiger partial charge >= 0.3 is 0 Å². The van der Waals surface area contributed by atoms with E-state index < -0.39 is 0 Å². The molecule has 0 saturated heterocycles. The molecule has 3 N–H and O–H groups in total. The molecule has 142 valence electrons. The molecule has 4 nitrogen and oxygen atoms in total. The van der Waals surface area contributed by atoms with Gasteiger partial charge in [0.2, 0.25) is 0 Å². The molecule has 3 aromatic carbocycles. The van der Waals surface area contributed by atoms with Crippen molar-refractivity contribution in [3.63, 3.8) is 0 Å². The van der Waals surface area contributed by atoms with E-state index in [4.69, 9.17) is 0 Å². The molecule has 1 unspecified atom stereocenters. The van der Waals surface area contributed by atoms with E-state index in [1.807, 2.05) is 18.2 Å². The third-order valence-corrected chi connectivity index (χ3v) is 6.24. The van der Waals surface area contributed by atoms with E-state index >= 15 is 0 Å². The SMILES string of the molecule is CCN1CCc2cc(-c3ccc(O)cc3)cc3c2C1Cc1ccc(O)c(O)c1-3. The van der Waals surface area contributed by atoms with Crippen molar-refractivity contribution in [2.24, 2.45) is 0 Å². The molecular formula is C24H23NO3. The van der Waals surface area contributed by atoms with E-state index in [1.54, 1.807) is 18.2 Å². The molecule has 1 aliphatic heterocycles. The number of phenols is 3. The van der Waals surface area contributed by atoms with Crippen LogP contribution in [-0.4, -0.2) is 33.3 Å². The lowest BCUT2D eigenvalue weighted by Crippen LogP contribution is -2.38. The van der Waals surface area contributed by atoms with Gasteiger partial charge in [0.25, 0.3) is 0 Å². The maximum atomic E-state index is 10.7. The minimum absolute atomic E-state index is 0.0328. The number of likely N-dealkylation sites (N-methyl/N-ethyl adjacent to an activating group) is 1. The van der Waals surface area contributed by atoms with Crippen LogP contribution in [0.1, 0.15) is 29.7 Å². The van der Waals surface area contributed by atoms with Gasteiger partial charge in [-0.2, -0.15) is 0 Å². The zero-order valence-corrected chi connectivity index (χ0v) is 15.8. The van der Waals surface area contributed by atoms with Crippen LogP contribution >= 0.6 is 0 Å². The Morgan fingerprint density at radius 1 is 0.929 bits per heavy atom. The van der Waals surface area contributed by atoms with Gasteiger partial charge in [0.05, 0.1) is 0 Å². The average molecular weight is 373 g/mol. The maximum Gasteiger partial charge on any atom is 0.165 e. The average Bonchev–Trinajstić information content (AvgIpc) is 2.71. The van der Waals surface area contributed by atoms with Gasteiger partial charge in [-0.15, -0.1) is 0 Å². The van der Waals surface area contributed by atoms with Crippen molar-refractivity contribution in [3.8, 4) is 39.5 Å². The fourth-order valence-electron chi connectivity index (χ4n) is 4.85. The Bertz CT molecular complexity index is 1070. The molecule has 0 fully saturated rings. The van der Waals surface area contributed by atoms with Crippen LogP contribution in [0.4, 0.5) is 0 Å². The van der Waals surface area contributed by atoms with Gasteiger partial charge in [-0.3, -0.25) is 4.90 Å². The van der Waals surface area contributed by atoms with E-state index in [2.05, 4.69) is 24.0 Å². The molecule has 0 radical (unpaired) electrons. The molecule has 0 amide bonds. The molecule has 28 heavy (non-hydrogen) atoms. The van der Waals surface area contributed by atoms with Gasteiger partial charge in [0, 0.05) is 18.2 Å². The van der Waals surface area contributed by atoms with Gasteiger partial charge < -0.3 is 15.3 Å². The third-order valence-electron chi connectivity index (χ3n) is 6.24. The highest BCUT2D eigenvalue weighted by Gasteiger charge is 2.35. The third kappa shape index (κ3) is 2.49. The largest absolute Gasteiger partial charge is 0.508 e. The number of rotatable bonds is 2. The van der Waals surface area contributed by atoms with Crippen molar-refractivity contribution >= 4 is 0 Å². The minimum Gasteiger partial charge on any atom is -0.508 e. The van der Waals surface area contributed by atoms with Crippen LogP contribution in [-0.2, 0) is 12.8 Å². The highest BCUT2D eigenvalue weighted by atomic mass is 16.3. The second-order valence-electron chi connectivity index (χ2n) is 7.71. The quantitative estimate of drug-likeness (QED) is 0.574. The number of aromatic hydroxyl groups is 3. The van der Waals surface area contributed by atoms with Crippen LogP contribution < -0.4 is 0 Å². The fraction of sp³-hybridized carbons (Fsp3) is 0.250. The summed E-state index contributed by atoms with van der Waals surface area (Å²) in [7, 11) is 0. The predicted molar refractivity (Wildman–Crippen MR) is 110 cm³/mol. The Balaban J connectivity index is 1.79. The molecule has 0 spiro atoms. The molecule has 1 heterocycles. The van der Waals surface area contributed by atoms with Crippen molar-refractivity contribution in [1.29, 1.82) is 0 Å². The molecule has 0 bridgehead atoms. The lowest BCUT2D eigenvalue weighted by Gasteiger charge is -2.41. The Morgan fingerprint density at radius 2 is 1.71 bits per heavy atom. The van der Waals surface area contributed by atoms with Crippen LogP contribution in [0.2, 0.25) is 0 Å². The van der Waals surface area contributed by atoms with E-state index in [-0.39, 0.29) is 17.2 Å². The summed E-state index contributed by atoms with van der Waals surface area (Å²) in [6, 6.07) is 15.4. The van der Waals surface area contributed by atoms with Crippen LogP contribution in [0, 0.1) is 0 Å². The standard InChI is InChI=1S/C24H23NO3/c1-2-25-10-9-16-11-17(14-3-6-18(26)7-4-14)12-19-22(16)20(25)13-15-5-8-21(27)24(28)23(15)19/h3-8,11-12,20,26-28H,2,9-10,13H2,1H3. The summed E-state index contributed by atoms with van der Waals surface area (Å²) in [6.07, 6.45) is 1.81. The van der Waals surface area contributed by atoms with Gasteiger partial charge in [0.1, 0.15) is 5.75 Å². The lowest BCUT2D eigenvalue weighted by molar-refractivity contribution is 0.192. The summed E-state index contributed by atoms with van der Waals surface area (Å²) < 4.78 is 0. The Morgan fingerprint density at radius 3 is 2.46 bits per heavy atom. The molecule has 0 aromatic heterocycles. The lowest BCUT2D eigenvalue weighted by atomic mass is 9.75. The maximum absolute atomic E-state index is 10.7. The summed E-state index contributed by atoms with van der Waals surface area (Å²) in [5.41, 5.74) is 7.52. The van der Waals surface area contributed by atoms with E-state index in [0.717, 1.165) is 53.7 Å². The summed E-state index contributed by atoms with van der Waals surface area (Å²) in [4.78, 5) is 2.50. The van der Waals surface area contributed by atoms with Gasteiger partial charge in [-0.1, -0.05) is 31.2 Å². The number of nitrogens with zero attached hydrogens (tertiary/aromatic N) is 1. The molecule has 5 rings (SSSR count). The smallest absolute Gasteiger partial charge is 0.165 e. The van der Waals surface area contributed by atoms with Crippen molar-refractivity contribution in [2.75, 3.05) is 13.1 Å². The first-order valence-electron chi connectivity index (χ1n) is 9.81. The van der Waals surface area contributed by atoms with Crippen molar-refractivity contribution < 1.29 is 15.3 Å². The highest BCUT2D eigenvalue weighted by Crippen LogP contribution is 2.51. The van der Waals surface area contributed by atoms with Crippen molar-refractivity contribution in [2.45, 2.75) is 25.8 Å².